The zero-order valence-corrected chi connectivity index (χ0v) is 12.6. The highest BCUT2D eigenvalue weighted by Gasteiger charge is 2.36. The highest BCUT2D eigenvalue weighted by atomic mass is 32.2. The van der Waals surface area contributed by atoms with Gasteiger partial charge in [0.2, 0.25) is 10.0 Å². The Morgan fingerprint density at radius 1 is 1.43 bits per heavy atom. The molecule has 0 unspecified atom stereocenters. The van der Waals surface area contributed by atoms with E-state index in [1.54, 1.807) is 6.07 Å². The Morgan fingerprint density at radius 3 is 2.71 bits per heavy atom. The number of aryl methyl sites for hydroxylation is 1. The first-order chi connectivity index (χ1) is 9.91. The minimum atomic E-state index is -3.79. The Labute approximate surface area is 124 Å². The van der Waals surface area contributed by atoms with Crippen molar-refractivity contribution in [1.29, 1.82) is 0 Å². The number of aliphatic hydroxyl groups excluding tert-OH is 1. The number of sulfonamides is 1. The predicted molar refractivity (Wildman–Crippen MR) is 76.8 cm³/mol. The van der Waals surface area contributed by atoms with Crippen molar-refractivity contribution in [3.05, 3.63) is 29.3 Å². The summed E-state index contributed by atoms with van der Waals surface area (Å²) in [6.07, 6.45) is 1.81. The van der Waals surface area contributed by atoms with Crippen molar-refractivity contribution in [2.24, 2.45) is 0 Å². The zero-order chi connectivity index (χ0) is 15.6. The van der Waals surface area contributed by atoms with Crippen LogP contribution in [0.1, 0.15) is 35.7 Å². The minimum absolute atomic E-state index is 0.0326. The molecule has 116 valence electrons. The van der Waals surface area contributed by atoms with E-state index in [1.807, 2.05) is 6.92 Å². The standard InChI is InChI=1S/C14H19NO5S/c1-2-10-5-6-11(14(17)18)8-13(10)21(19,20)15-7-3-4-12(15)9-16/h5-6,8,12,16H,2-4,7,9H2,1H3,(H,17,18)/t12-/m0/s1. The summed E-state index contributed by atoms with van der Waals surface area (Å²) in [4.78, 5) is 11.1. The molecule has 2 N–H and O–H groups in total. The molecular formula is C14H19NO5S. The summed E-state index contributed by atoms with van der Waals surface area (Å²) in [7, 11) is -3.79. The maximum absolute atomic E-state index is 12.8. The van der Waals surface area contributed by atoms with Gasteiger partial charge in [-0.25, -0.2) is 13.2 Å². The number of aromatic carboxylic acids is 1. The lowest BCUT2D eigenvalue weighted by molar-refractivity contribution is 0.0696. The van der Waals surface area contributed by atoms with E-state index in [1.165, 1.54) is 16.4 Å². The third-order valence-corrected chi connectivity index (χ3v) is 5.85. The van der Waals surface area contributed by atoms with Crippen LogP contribution in [-0.2, 0) is 16.4 Å². The van der Waals surface area contributed by atoms with Crippen LogP contribution in [0.5, 0.6) is 0 Å². The highest BCUT2D eigenvalue weighted by molar-refractivity contribution is 7.89. The Kier molecular flexibility index (Phi) is 4.65. The SMILES string of the molecule is CCc1ccc(C(=O)O)cc1S(=O)(=O)N1CCC[C@H]1CO. The number of carbonyl (C=O) groups is 1. The van der Waals surface area contributed by atoms with Gasteiger partial charge in [-0.2, -0.15) is 4.31 Å². The lowest BCUT2D eigenvalue weighted by Crippen LogP contribution is -2.38. The van der Waals surface area contributed by atoms with Crippen molar-refractivity contribution in [2.75, 3.05) is 13.2 Å². The van der Waals surface area contributed by atoms with Gasteiger partial charge in [-0.15, -0.1) is 0 Å². The van der Waals surface area contributed by atoms with Crippen LogP contribution < -0.4 is 0 Å². The lowest BCUT2D eigenvalue weighted by atomic mass is 10.1. The van der Waals surface area contributed by atoms with Crippen LogP contribution in [0.2, 0.25) is 0 Å². The van der Waals surface area contributed by atoms with Crippen molar-refractivity contribution < 1.29 is 23.4 Å². The molecular weight excluding hydrogens is 294 g/mol. The first-order valence-electron chi connectivity index (χ1n) is 6.90. The fourth-order valence-electron chi connectivity index (χ4n) is 2.65. The number of rotatable bonds is 5. The summed E-state index contributed by atoms with van der Waals surface area (Å²) in [5.41, 5.74) is 0.536. The summed E-state index contributed by atoms with van der Waals surface area (Å²) >= 11 is 0. The topological polar surface area (TPSA) is 94.9 Å². The average molecular weight is 313 g/mol. The molecule has 0 aliphatic carbocycles. The number of hydrogen-bond donors (Lipinski definition) is 2. The van der Waals surface area contributed by atoms with E-state index in [0.717, 1.165) is 0 Å². The summed E-state index contributed by atoms with van der Waals surface area (Å²) in [5, 5.41) is 18.4. The van der Waals surface area contributed by atoms with Gasteiger partial charge >= 0.3 is 5.97 Å². The van der Waals surface area contributed by atoms with Crippen molar-refractivity contribution in [1.82, 2.24) is 4.31 Å². The van der Waals surface area contributed by atoms with E-state index < -0.39 is 22.0 Å². The molecule has 1 fully saturated rings. The largest absolute Gasteiger partial charge is 0.478 e. The normalized spacial score (nSPS) is 19.8. The minimum Gasteiger partial charge on any atom is -0.478 e. The first kappa shape index (κ1) is 15.9. The fraction of sp³-hybridized carbons (Fsp3) is 0.500. The molecule has 0 aromatic heterocycles. The second-order valence-corrected chi connectivity index (χ2v) is 6.93. The molecule has 6 nitrogen and oxygen atoms in total. The van der Waals surface area contributed by atoms with Crippen LogP contribution in [0.4, 0.5) is 0 Å². The summed E-state index contributed by atoms with van der Waals surface area (Å²) in [5.74, 6) is -1.16. The monoisotopic (exact) mass is 313 g/mol. The Balaban J connectivity index is 2.52. The second kappa shape index (κ2) is 6.13. The summed E-state index contributed by atoms with van der Waals surface area (Å²) in [6.45, 7) is 1.95. The van der Waals surface area contributed by atoms with Crippen LogP contribution in [0.25, 0.3) is 0 Å². The molecule has 0 radical (unpaired) electrons. The number of carboxylic acid groups (broad SMARTS) is 1. The van der Waals surface area contributed by atoms with Crippen molar-refractivity contribution in [3.63, 3.8) is 0 Å². The van der Waals surface area contributed by atoms with E-state index in [-0.39, 0.29) is 17.1 Å². The van der Waals surface area contributed by atoms with Crippen LogP contribution in [0.3, 0.4) is 0 Å². The molecule has 21 heavy (non-hydrogen) atoms. The van der Waals surface area contributed by atoms with Gasteiger partial charge < -0.3 is 10.2 Å². The number of aliphatic hydroxyl groups is 1. The average Bonchev–Trinajstić information content (AvgIpc) is 2.95. The number of carboxylic acids is 1. The number of benzene rings is 1. The van der Waals surface area contributed by atoms with E-state index in [4.69, 9.17) is 5.11 Å². The molecule has 0 saturated carbocycles. The Hall–Kier alpha value is -1.44. The van der Waals surface area contributed by atoms with Crippen LogP contribution in [0.15, 0.2) is 23.1 Å². The Morgan fingerprint density at radius 2 is 2.14 bits per heavy atom. The van der Waals surface area contributed by atoms with Crippen LogP contribution in [0, 0.1) is 0 Å². The molecule has 2 rings (SSSR count). The fourth-order valence-corrected chi connectivity index (χ4v) is 4.66. The second-order valence-electron chi connectivity index (χ2n) is 5.08. The van der Waals surface area contributed by atoms with Gasteiger partial charge in [0.15, 0.2) is 0 Å². The maximum atomic E-state index is 12.8. The molecule has 1 aliphatic heterocycles. The van der Waals surface area contributed by atoms with Crippen molar-refractivity contribution in [3.8, 4) is 0 Å². The molecule has 1 heterocycles. The van der Waals surface area contributed by atoms with Crippen molar-refractivity contribution in [2.45, 2.75) is 37.1 Å². The van der Waals surface area contributed by atoms with E-state index in [2.05, 4.69) is 0 Å². The third kappa shape index (κ3) is 2.95. The molecule has 1 aromatic carbocycles. The van der Waals surface area contributed by atoms with Crippen molar-refractivity contribution >= 4 is 16.0 Å². The molecule has 7 heteroatoms. The first-order valence-corrected chi connectivity index (χ1v) is 8.34. The quantitative estimate of drug-likeness (QED) is 0.848. The summed E-state index contributed by atoms with van der Waals surface area (Å²) in [6, 6.07) is 3.74. The van der Waals surface area contributed by atoms with Crippen LogP contribution >= 0.6 is 0 Å². The molecule has 1 aromatic rings. The lowest BCUT2D eigenvalue weighted by Gasteiger charge is -2.23. The van der Waals surface area contributed by atoms with Gasteiger partial charge in [0.05, 0.1) is 17.1 Å². The summed E-state index contributed by atoms with van der Waals surface area (Å²) < 4.78 is 26.8. The molecule has 1 aliphatic rings. The van der Waals surface area contributed by atoms with Gasteiger partial charge in [0.25, 0.3) is 0 Å². The molecule has 1 saturated heterocycles. The molecule has 0 spiro atoms. The number of nitrogens with zero attached hydrogens (tertiary/aromatic N) is 1. The highest BCUT2D eigenvalue weighted by Crippen LogP contribution is 2.28. The van der Waals surface area contributed by atoms with Crippen LogP contribution in [-0.4, -0.2) is 48.1 Å². The molecule has 1 atom stereocenters. The predicted octanol–water partition coefficient (Wildman–Crippen LogP) is 1.09. The van der Waals surface area contributed by atoms with E-state index in [9.17, 15) is 18.3 Å². The van der Waals surface area contributed by atoms with Gasteiger partial charge in [-0.05, 0) is 37.0 Å². The smallest absolute Gasteiger partial charge is 0.335 e. The molecule has 0 amide bonds. The number of hydrogen-bond acceptors (Lipinski definition) is 4. The molecule has 0 bridgehead atoms. The van der Waals surface area contributed by atoms with Gasteiger partial charge in [0.1, 0.15) is 0 Å². The zero-order valence-electron chi connectivity index (χ0n) is 11.8. The van der Waals surface area contributed by atoms with Gasteiger partial charge in [-0.1, -0.05) is 13.0 Å². The van der Waals surface area contributed by atoms with Gasteiger partial charge in [-0.3, -0.25) is 0 Å². The maximum Gasteiger partial charge on any atom is 0.335 e. The van der Waals surface area contributed by atoms with E-state index in [0.29, 0.717) is 31.4 Å². The Bertz CT molecular complexity index is 641. The van der Waals surface area contributed by atoms with Gasteiger partial charge in [0, 0.05) is 12.6 Å². The third-order valence-electron chi connectivity index (χ3n) is 3.82. The van der Waals surface area contributed by atoms with E-state index >= 15 is 0 Å².